The van der Waals surface area contributed by atoms with Gasteiger partial charge in [0.25, 0.3) is 0 Å². The normalized spacial score (nSPS) is 19.9. The third-order valence-corrected chi connectivity index (χ3v) is 7.56. The summed E-state index contributed by atoms with van der Waals surface area (Å²) in [5, 5.41) is 11.0. The Kier molecular flexibility index (Phi) is 11.8. The van der Waals surface area contributed by atoms with Crippen LogP contribution in [0.5, 0.6) is 0 Å². The summed E-state index contributed by atoms with van der Waals surface area (Å²) >= 11 is 0. The van der Waals surface area contributed by atoms with E-state index in [1.165, 1.54) is 0 Å². The molecule has 0 bridgehead atoms. The molecule has 2 aliphatic rings. The highest BCUT2D eigenvalue weighted by molar-refractivity contribution is 5.92. The first-order valence-electron chi connectivity index (χ1n) is 14.1. The number of ether oxygens (including phenoxy) is 1. The van der Waals surface area contributed by atoms with E-state index in [0.29, 0.717) is 25.7 Å². The van der Waals surface area contributed by atoms with Crippen molar-refractivity contribution in [2.75, 3.05) is 6.54 Å². The zero-order valence-corrected chi connectivity index (χ0v) is 22.9. The van der Waals surface area contributed by atoms with E-state index in [9.17, 15) is 24.0 Å². The van der Waals surface area contributed by atoms with E-state index in [2.05, 4.69) is 21.3 Å². The zero-order valence-electron chi connectivity index (χ0n) is 22.9. The monoisotopic (exact) mass is 542 g/mol. The van der Waals surface area contributed by atoms with Crippen LogP contribution < -0.4 is 21.3 Å². The molecule has 2 fully saturated rings. The minimum absolute atomic E-state index is 0.0674. The second kappa shape index (κ2) is 15.2. The van der Waals surface area contributed by atoms with Crippen molar-refractivity contribution in [3.63, 3.8) is 0 Å². The van der Waals surface area contributed by atoms with Gasteiger partial charge in [-0.05, 0) is 36.7 Å². The van der Waals surface area contributed by atoms with Crippen molar-refractivity contribution >= 4 is 30.1 Å². The number of aldehydes is 1. The lowest BCUT2D eigenvalue weighted by Gasteiger charge is -2.29. The van der Waals surface area contributed by atoms with Crippen molar-refractivity contribution in [3.8, 4) is 0 Å². The highest BCUT2D eigenvalue weighted by Gasteiger charge is 2.33. The lowest BCUT2D eigenvalue weighted by Crippen LogP contribution is -2.57. The average molecular weight is 543 g/mol. The Labute approximate surface area is 230 Å². The third-order valence-electron chi connectivity index (χ3n) is 7.56. The highest BCUT2D eigenvalue weighted by atomic mass is 16.5. The minimum Gasteiger partial charge on any atom is -0.445 e. The molecule has 1 aromatic carbocycles. The van der Waals surface area contributed by atoms with Crippen LogP contribution >= 0.6 is 0 Å². The molecule has 39 heavy (non-hydrogen) atoms. The molecule has 1 aliphatic heterocycles. The summed E-state index contributed by atoms with van der Waals surface area (Å²) in [6, 6.07) is 6.60. The molecular weight excluding hydrogens is 500 g/mol. The summed E-state index contributed by atoms with van der Waals surface area (Å²) in [7, 11) is 0. The molecule has 214 valence electrons. The van der Waals surface area contributed by atoms with Gasteiger partial charge in [0.05, 0.1) is 6.04 Å². The Hall–Kier alpha value is -3.43. The minimum atomic E-state index is -0.918. The van der Waals surface area contributed by atoms with Crippen molar-refractivity contribution < 1.29 is 28.7 Å². The fourth-order valence-electron chi connectivity index (χ4n) is 5.28. The predicted octanol–water partition coefficient (Wildman–Crippen LogP) is 2.60. The molecule has 1 saturated heterocycles. The number of carbonyl (C=O) groups excluding carboxylic acids is 5. The first-order chi connectivity index (χ1) is 18.8. The maximum Gasteiger partial charge on any atom is 0.408 e. The summed E-state index contributed by atoms with van der Waals surface area (Å²) in [5.74, 6) is -1.40. The summed E-state index contributed by atoms with van der Waals surface area (Å²) in [4.78, 5) is 62.9. The molecule has 1 aliphatic carbocycles. The molecule has 4 unspecified atom stereocenters. The molecule has 4 atom stereocenters. The molecule has 10 nitrogen and oxygen atoms in total. The Morgan fingerprint density at radius 1 is 0.974 bits per heavy atom. The van der Waals surface area contributed by atoms with Gasteiger partial charge in [-0.25, -0.2) is 4.79 Å². The van der Waals surface area contributed by atoms with Crippen molar-refractivity contribution in [3.05, 3.63) is 35.9 Å². The van der Waals surface area contributed by atoms with Gasteiger partial charge in [0, 0.05) is 12.5 Å². The number of alkyl carbamates (subject to hydrolysis) is 1. The Bertz CT molecular complexity index is 979. The number of hydrogen-bond donors (Lipinski definition) is 4. The fraction of sp³-hybridized carbons (Fsp3) is 0.621. The SMILES string of the molecule is CC(C)C(NC(=O)OCc1ccccc1)C(=O)NC(CC1CCCCC1)C(=O)NC(C=O)CC1CCNC1=O. The second-order valence-corrected chi connectivity index (χ2v) is 11.0. The van der Waals surface area contributed by atoms with Gasteiger partial charge in [-0.2, -0.15) is 0 Å². The van der Waals surface area contributed by atoms with Gasteiger partial charge in [-0.15, -0.1) is 0 Å². The van der Waals surface area contributed by atoms with Gasteiger partial charge >= 0.3 is 6.09 Å². The van der Waals surface area contributed by atoms with Crippen LogP contribution in [-0.4, -0.2) is 54.8 Å². The van der Waals surface area contributed by atoms with Crippen LogP contribution in [0.25, 0.3) is 0 Å². The van der Waals surface area contributed by atoms with Crippen LogP contribution in [0, 0.1) is 17.8 Å². The Morgan fingerprint density at radius 2 is 1.69 bits per heavy atom. The van der Waals surface area contributed by atoms with Crippen molar-refractivity contribution in [2.45, 2.75) is 89.9 Å². The van der Waals surface area contributed by atoms with Gasteiger partial charge in [0.1, 0.15) is 25.0 Å². The predicted molar refractivity (Wildman–Crippen MR) is 145 cm³/mol. The zero-order chi connectivity index (χ0) is 28.2. The third kappa shape index (κ3) is 9.67. The van der Waals surface area contributed by atoms with E-state index in [4.69, 9.17) is 4.74 Å². The molecule has 1 saturated carbocycles. The average Bonchev–Trinajstić information content (AvgIpc) is 3.34. The van der Waals surface area contributed by atoms with Crippen LogP contribution in [0.1, 0.15) is 70.8 Å². The summed E-state index contributed by atoms with van der Waals surface area (Å²) in [6.45, 7) is 4.22. The molecule has 0 radical (unpaired) electrons. The van der Waals surface area contributed by atoms with E-state index < -0.39 is 36.0 Å². The van der Waals surface area contributed by atoms with Crippen LogP contribution in [0.15, 0.2) is 30.3 Å². The molecule has 1 heterocycles. The van der Waals surface area contributed by atoms with E-state index in [0.717, 1.165) is 37.7 Å². The first kappa shape index (κ1) is 30.1. The lowest BCUT2D eigenvalue weighted by molar-refractivity contribution is -0.132. The van der Waals surface area contributed by atoms with Gasteiger partial charge in [-0.3, -0.25) is 14.4 Å². The quantitative estimate of drug-likeness (QED) is 0.282. The van der Waals surface area contributed by atoms with Crippen molar-refractivity contribution in [1.82, 2.24) is 21.3 Å². The summed E-state index contributed by atoms with van der Waals surface area (Å²) < 4.78 is 5.29. The summed E-state index contributed by atoms with van der Waals surface area (Å²) in [6.07, 6.45) is 6.43. The van der Waals surface area contributed by atoms with Crippen LogP contribution in [0.2, 0.25) is 0 Å². The lowest BCUT2D eigenvalue weighted by atomic mass is 9.84. The number of nitrogens with one attached hydrogen (secondary N) is 4. The molecule has 1 aromatic rings. The van der Waals surface area contributed by atoms with E-state index in [-0.39, 0.29) is 36.7 Å². The van der Waals surface area contributed by atoms with Gasteiger partial charge in [0.2, 0.25) is 17.7 Å². The van der Waals surface area contributed by atoms with Crippen LogP contribution in [-0.2, 0) is 30.5 Å². The van der Waals surface area contributed by atoms with E-state index in [1.807, 2.05) is 30.3 Å². The molecule has 0 spiro atoms. The second-order valence-electron chi connectivity index (χ2n) is 11.0. The highest BCUT2D eigenvalue weighted by Crippen LogP contribution is 2.27. The van der Waals surface area contributed by atoms with Crippen molar-refractivity contribution in [2.24, 2.45) is 17.8 Å². The smallest absolute Gasteiger partial charge is 0.408 e. The van der Waals surface area contributed by atoms with Gasteiger partial charge in [0.15, 0.2) is 0 Å². The van der Waals surface area contributed by atoms with Gasteiger partial charge < -0.3 is 30.8 Å². The molecule has 0 aromatic heterocycles. The van der Waals surface area contributed by atoms with Crippen molar-refractivity contribution in [1.29, 1.82) is 0 Å². The number of benzene rings is 1. The maximum atomic E-state index is 13.4. The Balaban J connectivity index is 1.64. The number of hydrogen-bond acceptors (Lipinski definition) is 6. The number of rotatable bonds is 13. The molecule has 4 N–H and O–H groups in total. The standard InChI is InChI=1S/C29H42N4O6/c1-19(2)25(33-29(38)39-18-21-11-7-4-8-12-21)28(37)32-24(15-20-9-5-3-6-10-20)27(36)31-23(17-34)16-22-13-14-30-26(22)35/h4,7-8,11-12,17,19-20,22-25H,3,5-6,9-10,13-16,18H2,1-2H3,(H,30,35)(H,31,36)(H,32,37)(H,33,38). The largest absolute Gasteiger partial charge is 0.445 e. The fourth-order valence-corrected chi connectivity index (χ4v) is 5.28. The molecular formula is C29H42N4O6. The number of carbonyl (C=O) groups is 5. The van der Waals surface area contributed by atoms with Crippen LogP contribution in [0.4, 0.5) is 4.79 Å². The van der Waals surface area contributed by atoms with Gasteiger partial charge in [-0.1, -0.05) is 76.3 Å². The maximum absolute atomic E-state index is 13.4. The number of amides is 4. The van der Waals surface area contributed by atoms with Crippen LogP contribution in [0.3, 0.4) is 0 Å². The molecule has 3 rings (SSSR count). The Morgan fingerprint density at radius 3 is 2.31 bits per heavy atom. The molecule has 10 heteroatoms. The summed E-state index contributed by atoms with van der Waals surface area (Å²) in [5.41, 5.74) is 0.822. The first-order valence-corrected chi connectivity index (χ1v) is 14.1. The van der Waals surface area contributed by atoms with E-state index in [1.54, 1.807) is 13.8 Å². The van der Waals surface area contributed by atoms with E-state index >= 15 is 0 Å². The topological polar surface area (TPSA) is 143 Å². The molecule has 4 amide bonds.